The van der Waals surface area contributed by atoms with E-state index >= 15 is 0 Å². The Bertz CT molecular complexity index is 717. The summed E-state index contributed by atoms with van der Waals surface area (Å²) >= 11 is 0. The SMILES string of the molecule is CNc1ccc2c3c(cccc13)C(=O)N(CCCO)C2=O. The lowest BCUT2D eigenvalue weighted by Crippen LogP contribution is -2.41. The number of carbonyl (C=O) groups excluding carboxylic acids is 2. The Morgan fingerprint density at radius 2 is 1.81 bits per heavy atom. The van der Waals surface area contributed by atoms with Crippen molar-refractivity contribution in [2.75, 3.05) is 25.5 Å². The third-order valence-electron chi connectivity index (χ3n) is 3.80. The Morgan fingerprint density at radius 1 is 1.10 bits per heavy atom. The van der Waals surface area contributed by atoms with Gasteiger partial charge in [-0.05, 0) is 24.6 Å². The van der Waals surface area contributed by atoms with Gasteiger partial charge in [-0.1, -0.05) is 12.1 Å². The van der Waals surface area contributed by atoms with Crippen LogP contribution in [0.15, 0.2) is 30.3 Å². The first-order valence-electron chi connectivity index (χ1n) is 6.89. The zero-order valence-corrected chi connectivity index (χ0v) is 11.7. The summed E-state index contributed by atoms with van der Waals surface area (Å²) in [5, 5.41) is 13.6. The van der Waals surface area contributed by atoms with E-state index in [0.717, 1.165) is 11.1 Å². The number of carbonyl (C=O) groups is 2. The highest BCUT2D eigenvalue weighted by Gasteiger charge is 2.32. The van der Waals surface area contributed by atoms with Crippen molar-refractivity contribution >= 4 is 28.3 Å². The van der Waals surface area contributed by atoms with Crippen LogP contribution in [0.4, 0.5) is 5.69 Å². The summed E-state index contributed by atoms with van der Waals surface area (Å²) in [7, 11) is 1.81. The molecular formula is C16H16N2O3. The van der Waals surface area contributed by atoms with Crippen LogP contribution in [0.5, 0.6) is 0 Å². The fourth-order valence-corrected chi connectivity index (χ4v) is 2.80. The lowest BCUT2D eigenvalue weighted by molar-refractivity contribution is 0.0601. The Labute approximate surface area is 122 Å². The Balaban J connectivity index is 2.22. The van der Waals surface area contributed by atoms with Crippen molar-refractivity contribution in [1.82, 2.24) is 4.90 Å². The molecule has 108 valence electrons. The van der Waals surface area contributed by atoms with E-state index in [-0.39, 0.29) is 25.0 Å². The van der Waals surface area contributed by atoms with E-state index < -0.39 is 0 Å². The number of hydrogen-bond donors (Lipinski definition) is 2. The predicted molar refractivity (Wildman–Crippen MR) is 80.6 cm³/mol. The van der Waals surface area contributed by atoms with Crippen LogP contribution in [-0.4, -0.2) is 42.0 Å². The molecule has 21 heavy (non-hydrogen) atoms. The molecule has 3 rings (SSSR count). The van der Waals surface area contributed by atoms with E-state index in [1.807, 2.05) is 25.2 Å². The van der Waals surface area contributed by atoms with Crippen LogP contribution >= 0.6 is 0 Å². The molecule has 0 bridgehead atoms. The van der Waals surface area contributed by atoms with Gasteiger partial charge in [0.1, 0.15) is 0 Å². The number of rotatable bonds is 4. The van der Waals surface area contributed by atoms with E-state index in [2.05, 4.69) is 5.32 Å². The van der Waals surface area contributed by atoms with Crippen molar-refractivity contribution in [1.29, 1.82) is 0 Å². The van der Waals surface area contributed by atoms with Gasteiger partial charge in [0.15, 0.2) is 0 Å². The first kappa shape index (κ1) is 13.6. The summed E-state index contributed by atoms with van der Waals surface area (Å²) in [6.45, 7) is 0.185. The van der Waals surface area contributed by atoms with E-state index in [1.165, 1.54) is 4.90 Å². The van der Waals surface area contributed by atoms with Gasteiger partial charge in [-0.15, -0.1) is 0 Å². The van der Waals surface area contributed by atoms with Gasteiger partial charge in [0.2, 0.25) is 0 Å². The van der Waals surface area contributed by atoms with Crippen molar-refractivity contribution in [3.05, 3.63) is 41.5 Å². The molecule has 1 heterocycles. The van der Waals surface area contributed by atoms with Gasteiger partial charge in [-0.3, -0.25) is 14.5 Å². The van der Waals surface area contributed by atoms with Crippen molar-refractivity contribution in [3.8, 4) is 0 Å². The van der Waals surface area contributed by atoms with Crippen LogP contribution in [0, 0.1) is 0 Å². The van der Waals surface area contributed by atoms with Crippen molar-refractivity contribution in [2.45, 2.75) is 6.42 Å². The van der Waals surface area contributed by atoms with E-state index in [1.54, 1.807) is 12.1 Å². The average molecular weight is 284 g/mol. The van der Waals surface area contributed by atoms with Crippen LogP contribution in [-0.2, 0) is 0 Å². The van der Waals surface area contributed by atoms with Gasteiger partial charge >= 0.3 is 0 Å². The highest BCUT2D eigenvalue weighted by Crippen LogP contribution is 2.34. The quantitative estimate of drug-likeness (QED) is 0.841. The topological polar surface area (TPSA) is 69.6 Å². The first-order valence-corrected chi connectivity index (χ1v) is 6.89. The standard InChI is InChI=1S/C16H16N2O3/c1-17-13-7-6-12-14-10(13)4-2-5-11(14)15(20)18(16(12)21)8-3-9-19/h2,4-7,17,19H,3,8-9H2,1H3. The van der Waals surface area contributed by atoms with E-state index in [0.29, 0.717) is 22.9 Å². The zero-order valence-electron chi connectivity index (χ0n) is 11.7. The summed E-state index contributed by atoms with van der Waals surface area (Å²) in [5.41, 5.74) is 1.97. The molecule has 0 saturated heterocycles. The number of benzene rings is 2. The molecule has 0 aromatic heterocycles. The maximum atomic E-state index is 12.5. The number of aliphatic hydroxyl groups excluding tert-OH is 1. The van der Waals surface area contributed by atoms with Gasteiger partial charge in [-0.25, -0.2) is 0 Å². The molecule has 2 aromatic rings. The summed E-state index contributed by atoms with van der Waals surface area (Å²) in [5.74, 6) is -0.584. The molecule has 2 aromatic carbocycles. The Hall–Kier alpha value is -2.40. The minimum atomic E-state index is -0.292. The number of nitrogens with one attached hydrogen (secondary N) is 1. The van der Waals surface area contributed by atoms with Gasteiger partial charge in [0.05, 0.1) is 0 Å². The summed E-state index contributed by atoms with van der Waals surface area (Å²) < 4.78 is 0. The molecule has 0 spiro atoms. The van der Waals surface area contributed by atoms with Crippen LogP contribution in [0.25, 0.3) is 10.8 Å². The van der Waals surface area contributed by atoms with Gasteiger partial charge in [0, 0.05) is 47.8 Å². The molecule has 5 nitrogen and oxygen atoms in total. The highest BCUT2D eigenvalue weighted by atomic mass is 16.3. The maximum Gasteiger partial charge on any atom is 0.261 e. The number of aliphatic hydroxyl groups is 1. The lowest BCUT2D eigenvalue weighted by atomic mass is 9.93. The smallest absolute Gasteiger partial charge is 0.261 e. The summed E-state index contributed by atoms with van der Waals surface area (Å²) in [6, 6.07) is 9.06. The Morgan fingerprint density at radius 3 is 2.48 bits per heavy atom. The molecule has 0 aliphatic carbocycles. The predicted octanol–water partition coefficient (Wildman–Crippen LogP) is 1.86. The first-order chi connectivity index (χ1) is 10.2. The van der Waals surface area contributed by atoms with E-state index in [4.69, 9.17) is 5.11 Å². The number of nitrogens with zero attached hydrogens (tertiary/aromatic N) is 1. The highest BCUT2D eigenvalue weighted by molar-refractivity contribution is 6.26. The molecule has 0 unspecified atom stereocenters. The molecule has 2 N–H and O–H groups in total. The lowest BCUT2D eigenvalue weighted by Gasteiger charge is -2.27. The average Bonchev–Trinajstić information content (AvgIpc) is 2.52. The second-order valence-electron chi connectivity index (χ2n) is 4.98. The zero-order chi connectivity index (χ0) is 15.0. The monoisotopic (exact) mass is 284 g/mol. The third kappa shape index (κ3) is 1.97. The second kappa shape index (κ2) is 5.18. The van der Waals surface area contributed by atoms with Crippen molar-refractivity contribution < 1.29 is 14.7 Å². The number of imide groups is 1. The normalized spacial score (nSPS) is 13.9. The molecule has 2 amide bonds. The molecule has 0 fully saturated rings. The third-order valence-corrected chi connectivity index (χ3v) is 3.80. The second-order valence-corrected chi connectivity index (χ2v) is 4.98. The van der Waals surface area contributed by atoms with Gasteiger partial charge in [0.25, 0.3) is 11.8 Å². The number of amides is 2. The fraction of sp³-hybridized carbons (Fsp3) is 0.250. The molecule has 0 saturated carbocycles. The number of anilines is 1. The van der Waals surface area contributed by atoms with Gasteiger partial charge in [-0.2, -0.15) is 0 Å². The largest absolute Gasteiger partial charge is 0.396 e. The molecule has 1 aliphatic heterocycles. The Kier molecular flexibility index (Phi) is 3.35. The van der Waals surface area contributed by atoms with Crippen LogP contribution in [0.3, 0.4) is 0 Å². The van der Waals surface area contributed by atoms with Crippen LogP contribution in [0.2, 0.25) is 0 Å². The molecule has 0 atom stereocenters. The van der Waals surface area contributed by atoms with Crippen LogP contribution < -0.4 is 5.32 Å². The van der Waals surface area contributed by atoms with Gasteiger partial charge < -0.3 is 10.4 Å². The van der Waals surface area contributed by atoms with E-state index in [9.17, 15) is 9.59 Å². The summed E-state index contributed by atoms with van der Waals surface area (Å²) in [6.07, 6.45) is 0.386. The molecule has 5 heteroatoms. The summed E-state index contributed by atoms with van der Waals surface area (Å²) in [4.78, 5) is 26.3. The molecular weight excluding hydrogens is 268 g/mol. The number of hydrogen-bond acceptors (Lipinski definition) is 4. The van der Waals surface area contributed by atoms with Crippen molar-refractivity contribution in [2.24, 2.45) is 0 Å². The minimum Gasteiger partial charge on any atom is -0.396 e. The molecule has 1 aliphatic rings. The van der Waals surface area contributed by atoms with Crippen molar-refractivity contribution in [3.63, 3.8) is 0 Å². The fourth-order valence-electron chi connectivity index (χ4n) is 2.80. The minimum absolute atomic E-state index is 0.0488. The maximum absolute atomic E-state index is 12.5. The molecule has 0 radical (unpaired) electrons. The van der Waals surface area contributed by atoms with Crippen LogP contribution in [0.1, 0.15) is 27.1 Å².